The molecule has 1 aliphatic heterocycles. The topological polar surface area (TPSA) is 18.5 Å². The van der Waals surface area contributed by atoms with E-state index in [4.69, 9.17) is 9.47 Å². The Bertz CT molecular complexity index is 439. The summed E-state index contributed by atoms with van der Waals surface area (Å²) in [6, 6.07) is 8.46. The number of hydrogen-bond donors (Lipinski definition) is 0. The number of benzene rings is 1. The lowest BCUT2D eigenvalue weighted by Crippen LogP contribution is -2.34. The van der Waals surface area contributed by atoms with E-state index < -0.39 is 0 Å². The van der Waals surface area contributed by atoms with E-state index in [1.807, 2.05) is 0 Å². The van der Waals surface area contributed by atoms with E-state index in [1.165, 1.54) is 18.4 Å². The predicted octanol–water partition coefficient (Wildman–Crippen LogP) is 3.04. The van der Waals surface area contributed by atoms with Crippen LogP contribution in [0.2, 0.25) is 0 Å². The molecule has 0 spiro atoms. The summed E-state index contributed by atoms with van der Waals surface area (Å²) in [4.78, 5) is 0. The van der Waals surface area contributed by atoms with Crippen molar-refractivity contribution in [2.24, 2.45) is 23.7 Å². The van der Waals surface area contributed by atoms with Crippen molar-refractivity contribution in [2.45, 2.75) is 25.9 Å². The Morgan fingerprint density at radius 2 is 1.78 bits per heavy atom. The van der Waals surface area contributed by atoms with E-state index in [1.54, 1.807) is 0 Å². The molecule has 1 saturated heterocycles. The second kappa shape index (κ2) is 3.99. The normalized spacial score (nSPS) is 41.1. The van der Waals surface area contributed by atoms with Crippen molar-refractivity contribution in [1.29, 1.82) is 0 Å². The average Bonchev–Trinajstić information content (AvgIpc) is 3.03. The first-order chi connectivity index (χ1) is 8.81. The van der Waals surface area contributed by atoms with Gasteiger partial charge in [-0.15, -0.1) is 0 Å². The second-order valence-corrected chi connectivity index (χ2v) is 6.23. The lowest BCUT2D eigenvalue weighted by molar-refractivity contribution is 0.0878. The summed E-state index contributed by atoms with van der Waals surface area (Å²) in [5.41, 5.74) is 1.29. The van der Waals surface area contributed by atoms with Crippen molar-refractivity contribution in [3.63, 3.8) is 0 Å². The van der Waals surface area contributed by atoms with Crippen molar-refractivity contribution >= 4 is 0 Å². The monoisotopic (exact) mass is 244 g/mol. The van der Waals surface area contributed by atoms with Crippen LogP contribution in [-0.2, 0) is 4.74 Å². The molecule has 2 bridgehead atoms. The Kier molecular flexibility index (Phi) is 2.41. The maximum atomic E-state index is 6.22. The van der Waals surface area contributed by atoms with Crippen molar-refractivity contribution in [3.8, 4) is 5.75 Å². The van der Waals surface area contributed by atoms with Gasteiger partial charge in [0.15, 0.2) is 0 Å². The van der Waals surface area contributed by atoms with Crippen molar-refractivity contribution < 1.29 is 9.47 Å². The Morgan fingerprint density at radius 3 is 2.61 bits per heavy atom. The summed E-state index contributed by atoms with van der Waals surface area (Å²) in [6.07, 6.45) is 3.04. The standard InChI is InChI=1S/C16H20O2/c1-10-2-4-12(5-3-10)18-16-7-11-6-13(16)15-9-17-8-14(11)15/h2-5,11,13-16H,6-9H2,1H3/t11-,13+,14+,15+,16-/m0/s1. The molecule has 2 aliphatic carbocycles. The molecule has 18 heavy (non-hydrogen) atoms. The molecule has 0 N–H and O–H groups in total. The van der Waals surface area contributed by atoms with Gasteiger partial charge in [-0.25, -0.2) is 0 Å². The average molecular weight is 244 g/mol. The minimum absolute atomic E-state index is 0.431. The van der Waals surface area contributed by atoms with Gasteiger partial charge >= 0.3 is 0 Å². The number of hydrogen-bond acceptors (Lipinski definition) is 2. The first-order valence-corrected chi connectivity index (χ1v) is 7.12. The van der Waals surface area contributed by atoms with Crippen LogP contribution in [0.4, 0.5) is 0 Å². The summed E-state index contributed by atoms with van der Waals surface area (Å²) in [6.45, 7) is 4.09. The first kappa shape index (κ1) is 10.9. The van der Waals surface area contributed by atoms with Crippen LogP contribution in [0.15, 0.2) is 24.3 Å². The van der Waals surface area contributed by atoms with Gasteiger partial charge in [0.25, 0.3) is 0 Å². The summed E-state index contributed by atoms with van der Waals surface area (Å²) >= 11 is 0. The predicted molar refractivity (Wildman–Crippen MR) is 69.6 cm³/mol. The molecule has 2 saturated carbocycles. The molecule has 96 valence electrons. The Balaban J connectivity index is 1.49. The molecule has 0 amide bonds. The van der Waals surface area contributed by atoms with Gasteiger partial charge in [0.05, 0.1) is 13.2 Å². The zero-order valence-electron chi connectivity index (χ0n) is 10.8. The lowest BCUT2D eigenvalue weighted by Gasteiger charge is -2.30. The molecule has 2 heteroatoms. The lowest BCUT2D eigenvalue weighted by atomic mass is 9.80. The largest absolute Gasteiger partial charge is 0.490 e. The minimum atomic E-state index is 0.431. The Labute approximate surface area is 108 Å². The second-order valence-electron chi connectivity index (χ2n) is 6.23. The van der Waals surface area contributed by atoms with Crippen molar-refractivity contribution in [3.05, 3.63) is 29.8 Å². The number of fused-ring (bicyclic) bond motifs is 5. The van der Waals surface area contributed by atoms with Gasteiger partial charge in [0.2, 0.25) is 0 Å². The van der Waals surface area contributed by atoms with Gasteiger partial charge in [0.1, 0.15) is 11.9 Å². The van der Waals surface area contributed by atoms with Crippen LogP contribution in [0.3, 0.4) is 0 Å². The first-order valence-electron chi connectivity index (χ1n) is 7.12. The van der Waals surface area contributed by atoms with E-state index >= 15 is 0 Å². The van der Waals surface area contributed by atoms with E-state index in [2.05, 4.69) is 31.2 Å². The molecule has 0 aromatic heterocycles. The van der Waals surface area contributed by atoms with Gasteiger partial charge in [-0.3, -0.25) is 0 Å². The SMILES string of the molecule is Cc1ccc(O[C@H]2C[C@@H]3C[C@@H]2[C@H]2COC[C@H]32)cc1. The van der Waals surface area contributed by atoms with Crippen LogP contribution >= 0.6 is 0 Å². The highest BCUT2D eigenvalue weighted by molar-refractivity contribution is 5.27. The molecule has 3 fully saturated rings. The van der Waals surface area contributed by atoms with Gasteiger partial charge < -0.3 is 9.47 Å². The minimum Gasteiger partial charge on any atom is -0.490 e. The quantitative estimate of drug-likeness (QED) is 0.796. The van der Waals surface area contributed by atoms with Crippen LogP contribution in [0.5, 0.6) is 5.75 Å². The number of ether oxygens (including phenoxy) is 2. The highest BCUT2D eigenvalue weighted by Gasteiger charge is 2.55. The van der Waals surface area contributed by atoms with Gasteiger partial charge in [-0.2, -0.15) is 0 Å². The highest BCUT2D eigenvalue weighted by Crippen LogP contribution is 2.55. The third-order valence-electron chi connectivity index (χ3n) is 5.22. The fourth-order valence-corrected chi connectivity index (χ4v) is 4.31. The van der Waals surface area contributed by atoms with Crippen LogP contribution in [-0.4, -0.2) is 19.3 Å². The summed E-state index contributed by atoms with van der Waals surface area (Å²) in [5.74, 6) is 4.25. The highest BCUT2D eigenvalue weighted by atomic mass is 16.5. The van der Waals surface area contributed by atoms with E-state index in [-0.39, 0.29) is 0 Å². The third-order valence-corrected chi connectivity index (χ3v) is 5.22. The molecule has 0 radical (unpaired) electrons. The molecular formula is C16H20O2. The number of rotatable bonds is 2. The summed E-state index contributed by atoms with van der Waals surface area (Å²) in [5, 5.41) is 0. The fraction of sp³-hybridized carbons (Fsp3) is 0.625. The van der Waals surface area contributed by atoms with E-state index in [0.29, 0.717) is 6.10 Å². The van der Waals surface area contributed by atoms with Crippen molar-refractivity contribution in [2.75, 3.05) is 13.2 Å². The molecule has 3 aliphatic rings. The van der Waals surface area contributed by atoms with Gasteiger partial charge in [0, 0.05) is 5.92 Å². The van der Waals surface area contributed by atoms with Crippen LogP contribution < -0.4 is 4.74 Å². The molecule has 1 heterocycles. The van der Waals surface area contributed by atoms with E-state index in [9.17, 15) is 0 Å². The molecule has 1 aromatic rings. The van der Waals surface area contributed by atoms with Gasteiger partial charge in [-0.05, 0) is 49.7 Å². The fourth-order valence-electron chi connectivity index (χ4n) is 4.31. The molecular weight excluding hydrogens is 224 g/mol. The molecule has 5 atom stereocenters. The van der Waals surface area contributed by atoms with E-state index in [0.717, 1.165) is 42.6 Å². The Hall–Kier alpha value is -1.02. The summed E-state index contributed by atoms with van der Waals surface area (Å²) < 4.78 is 11.9. The molecule has 1 aromatic carbocycles. The maximum Gasteiger partial charge on any atom is 0.119 e. The maximum absolute atomic E-state index is 6.22. The zero-order chi connectivity index (χ0) is 12.1. The number of aryl methyl sites for hydroxylation is 1. The summed E-state index contributed by atoms with van der Waals surface area (Å²) in [7, 11) is 0. The van der Waals surface area contributed by atoms with Gasteiger partial charge in [-0.1, -0.05) is 17.7 Å². The van der Waals surface area contributed by atoms with Crippen molar-refractivity contribution in [1.82, 2.24) is 0 Å². The molecule has 2 nitrogen and oxygen atoms in total. The van der Waals surface area contributed by atoms with Crippen LogP contribution in [0.25, 0.3) is 0 Å². The third kappa shape index (κ3) is 1.58. The Morgan fingerprint density at radius 1 is 1.00 bits per heavy atom. The molecule has 4 rings (SSSR count). The van der Waals surface area contributed by atoms with Crippen LogP contribution in [0, 0.1) is 30.6 Å². The van der Waals surface area contributed by atoms with Crippen LogP contribution in [0.1, 0.15) is 18.4 Å². The zero-order valence-corrected chi connectivity index (χ0v) is 10.8. The smallest absolute Gasteiger partial charge is 0.119 e. The molecule has 0 unspecified atom stereocenters.